The lowest BCUT2D eigenvalue weighted by atomic mass is 9.98. The first kappa shape index (κ1) is 16.4. The van der Waals surface area contributed by atoms with Gasteiger partial charge in [-0.2, -0.15) is 0 Å². The van der Waals surface area contributed by atoms with Crippen molar-refractivity contribution in [2.24, 2.45) is 0 Å². The lowest BCUT2D eigenvalue weighted by molar-refractivity contribution is 0.528. The van der Waals surface area contributed by atoms with E-state index < -0.39 is 0 Å². The highest BCUT2D eigenvalue weighted by molar-refractivity contribution is 14.1. The van der Waals surface area contributed by atoms with Crippen LogP contribution in [-0.2, 0) is 6.42 Å². The first-order valence-corrected chi connectivity index (χ1v) is 8.59. The van der Waals surface area contributed by atoms with Gasteiger partial charge in [-0.15, -0.1) is 0 Å². The fourth-order valence-corrected chi connectivity index (χ4v) is 2.91. The van der Waals surface area contributed by atoms with E-state index in [2.05, 4.69) is 90.1 Å². The second-order valence-electron chi connectivity index (χ2n) is 5.52. The summed E-state index contributed by atoms with van der Waals surface area (Å²) < 4.78 is 1.28. The van der Waals surface area contributed by atoms with E-state index in [0.29, 0.717) is 6.04 Å². The minimum absolute atomic E-state index is 0.352. The van der Waals surface area contributed by atoms with Crippen LogP contribution in [0.25, 0.3) is 0 Å². The molecule has 3 heteroatoms. The van der Waals surface area contributed by atoms with Crippen LogP contribution in [0.3, 0.4) is 0 Å². The zero-order chi connectivity index (χ0) is 15.2. The second-order valence-corrected chi connectivity index (χ2v) is 6.77. The Morgan fingerprint density at radius 3 is 2.29 bits per heavy atom. The highest BCUT2D eigenvalue weighted by Crippen LogP contribution is 2.20. The van der Waals surface area contributed by atoms with E-state index in [9.17, 15) is 0 Å². The molecule has 0 radical (unpaired) electrons. The largest absolute Gasteiger partial charge is 0.310 e. The summed E-state index contributed by atoms with van der Waals surface area (Å²) in [4.78, 5) is 4.49. The van der Waals surface area contributed by atoms with Gasteiger partial charge in [0.1, 0.15) is 0 Å². The Labute approximate surface area is 141 Å². The lowest BCUT2D eigenvalue weighted by Crippen LogP contribution is -2.24. The molecule has 0 aliphatic carbocycles. The van der Waals surface area contributed by atoms with Crippen molar-refractivity contribution < 1.29 is 0 Å². The third-order valence-electron chi connectivity index (χ3n) is 3.50. The molecule has 2 nitrogen and oxygen atoms in total. The summed E-state index contributed by atoms with van der Waals surface area (Å²) in [7, 11) is 0. The second kappa shape index (κ2) is 7.90. The third-order valence-corrected chi connectivity index (χ3v) is 4.22. The van der Waals surface area contributed by atoms with Crippen molar-refractivity contribution in [3.05, 3.63) is 62.5 Å². The molecule has 1 N–H and O–H groups in total. The van der Waals surface area contributed by atoms with Gasteiger partial charge < -0.3 is 5.32 Å². The number of nitrogens with one attached hydrogen (secondary N) is 1. The first-order valence-electron chi connectivity index (χ1n) is 7.51. The number of benzene rings is 1. The Kier molecular flexibility index (Phi) is 6.18. The van der Waals surface area contributed by atoms with Gasteiger partial charge in [0.2, 0.25) is 0 Å². The van der Waals surface area contributed by atoms with Gasteiger partial charge in [-0.3, -0.25) is 4.98 Å². The number of pyridine rings is 1. The number of hydrogen-bond donors (Lipinski definition) is 1. The summed E-state index contributed by atoms with van der Waals surface area (Å²) in [6, 6.07) is 13.6. The zero-order valence-electron chi connectivity index (χ0n) is 13.0. The third kappa shape index (κ3) is 5.08. The summed E-state index contributed by atoms with van der Waals surface area (Å²) in [5, 5.41) is 3.67. The molecule has 0 saturated carbocycles. The van der Waals surface area contributed by atoms with Crippen LogP contribution in [0.4, 0.5) is 0 Å². The molecule has 1 unspecified atom stereocenters. The van der Waals surface area contributed by atoms with Gasteiger partial charge in [0.25, 0.3) is 0 Å². The molecule has 112 valence electrons. The molecule has 2 rings (SSSR count). The van der Waals surface area contributed by atoms with E-state index in [1.807, 2.05) is 0 Å². The average Bonchev–Trinajstić information content (AvgIpc) is 2.44. The van der Waals surface area contributed by atoms with Gasteiger partial charge in [0.15, 0.2) is 0 Å². The van der Waals surface area contributed by atoms with Crippen LogP contribution in [-0.4, -0.2) is 11.5 Å². The molecular formula is C18H23IN2. The number of hydrogen-bond acceptors (Lipinski definition) is 2. The van der Waals surface area contributed by atoms with Crippen LogP contribution >= 0.6 is 22.6 Å². The highest BCUT2D eigenvalue weighted by Gasteiger charge is 2.13. The number of rotatable bonds is 6. The van der Waals surface area contributed by atoms with Crippen molar-refractivity contribution in [1.29, 1.82) is 0 Å². The molecule has 0 aliphatic rings. The minimum atomic E-state index is 0.352. The van der Waals surface area contributed by atoms with E-state index in [-0.39, 0.29) is 0 Å². The lowest BCUT2D eigenvalue weighted by Gasteiger charge is -2.20. The summed E-state index contributed by atoms with van der Waals surface area (Å²) in [6.45, 7) is 7.38. The van der Waals surface area contributed by atoms with Gasteiger partial charge in [0.05, 0.1) is 0 Å². The SMILES string of the molecule is CCCNC(Cc1ccc(I)cc1)c1cc(C)nc(C)c1. The molecule has 0 amide bonds. The molecule has 2 aromatic rings. The predicted octanol–water partition coefficient (Wildman–Crippen LogP) is 4.59. The molecule has 1 aromatic heterocycles. The Balaban J connectivity index is 2.22. The van der Waals surface area contributed by atoms with E-state index >= 15 is 0 Å². The normalized spacial score (nSPS) is 12.4. The first-order chi connectivity index (χ1) is 10.1. The van der Waals surface area contributed by atoms with Gasteiger partial charge in [-0.1, -0.05) is 19.1 Å². The van der Waals surface area contributed by atoms with Crippen molar-refractivity contribution in [3.8, 4) is 0 Å². The van der Waals surface area contributed by atoms with Crippen LogP contribution in [0.5, 0.6) is 0 Å². The molecular weight excluding hydrogens is 371 g/mol. The quantitative estimate of drug-likeness (QED) is 0.726. The molecule has 0 saturated heterocycles. The molecule has 0 bridgehead atoms. The van der Waals surface area contributed by atoms with E-state index in [4.69, 9.17) is 0 Å². The van der Waals surface area contributed by atoms with Crippen molar-refractivity contribution in [1.82, 2.24) is 10.3 Å². The summed E-state index contributed by atoms with van der Waals surface area (Å²) in [5.74, 6) is 0. The van der Waals surface area contributed by atoms with Crippen molar-refractivity contribution in [3.63, 3.8) is 0 Å². The highest BCUT2D eigenvalue weighted by atomic mass is 127. The fraction of sp³-hybridized carbons (Fsp3) is 0.389. The molecule has 0 fully saturated rings. The Morgan fingerprint density at radius 1 is 1.10 bits per heavy atom. The topological polar surface area (TPSA) is 24.9 Å². The molecule has 0 spiro atoms. The summed E-state index contributed by atoms with van der Waals surface area (Å²) >= 11 is 2.35. The maximum absolute atomic E-state index is 4.49. The van der Waals surface area contributed by atoms with E-state index in [0.717, 1.165) is 30.8 Å². The number of halogens is 1. The molecule has 1 heterocycles. The number of nitrogens with zero attached hydrogens (tertiary/aromatic N) is 1. The number of aromatic nitrogens is 1. The van der Waals surface area contributed by atoms with Crippen LogP contribution in [0.1, 0.15) is 41.9 Å². The van der Waals surface area contributed by atoms with Gasteiger partial charge in [-0.25, -0.2) is 0 Å². The van der Waals surface area contributed by atoms with Gasteiger partial charge >= 0.3 is 0 Å². The van der Waals surface area contributed by atoms with Gasteiger partial charge in [0, 0.05) is 21.0 Å². The average molecular weight is 394 g/mol. The van der Waals surface area contributed by atoms with Crippen molar-refractivity contribution >= 4 is 22.6 Å². The predicted molar refractivity (Wildman–Crippen MR) is 97.6 cm³/mol. The smallest absolute Gasteiger partial charge is 0.0379 e. The van der Waals surface area contributed by atoms with Crippen LogP contribution in [0.15, 0.2) is 36.4 Å². The minimum Gasteiger partial charge on any atom is -0.310 e. The van der Waals surface area contributed by atoms with Crippen LogP contribution < -0.4 is 5.32 Å². The zero-order valence-corrected chi connectivity index (χ0v) is 15.1. The van der Waals surface area contributed by atoms with E-state index in [1.165, 1.54) is 14.7 Å². The maximum atomic E-state index is 4.49. The van der Waals surface area contributed by atoms with Crippen molar-refractivity contribution in [2.75, 3.05) is 6.54 Å². The molecule has 1 aromatic carbocycles. The Morgan fingerprint density at radius 2 is 1.71 bits per heavy atom. The monoisotopic (exact) mass is 394 g/mol. The van der Waals surface area contributed by atoms with Gasteiger partial charge in [-0.05, 0) is 91.2 Å². The van der Waals surface area contributed by atoms with E-state index in [1.54, 1.807) is 0 Å². The Hall–Kier alpha value is -0.940. The Bertz CT molecular complexity index is 558. The van der Waals surface area contributed by atoms with Crippen LogP contribution in [0.2, 0.25) is 0 Å². The standard InChI is InChI=1S/C18H23IN2/c1-4-9-20-18(12-15-5-7-17(19)8-6-15)16-10-13(2)21-14(3)11-16/h5-8,10-11,18,20H,4,9,12H2,1-3H3. The molecule has 1 atom stereocenters. The molecule has 0 aliphatic heterocycles. The summed E-state index contributed by atoms with van der Waals surface area (Å²) in [6.07, 6.45) is 2.16. The summed E-state index contributed by atoms with van der Waals surface area (Å²) in [5.41, 5.74) is 4.90. The maximum Gasteiger partial charge on any atom is 0.0379 e. The molecule has 21 heavy (non-hydrogen) atoms. The van der Waals surface area contributed by atoms with Crippen molar-refractivity contribution in [2.45, 2.75) is 39.7 Å². The van der Waals surface area contributed by atoms with Crippen LogP contribution in [0, 0.1) is 17.4 Å². The fourth-order valence-electron chi connectivity index (χ4n) is 2.55. The number of aryl methyl sites for hydroxylation is 2.